The van der Waals surface area contributed by atoms with Crippen molar-refractivity contribution in [3.05, 3.63) is 12.3 Å². The van der Waals surface area contributed by atoms with Crippen molar-refractivity contribution in [2.24, 2.45) is 0 Å². The van der Waals surface area contributed by atoms with Crippen LogP contribution in [0.5, 0.6) is 6.01 Å². The Kier molecular flexibility index (Phi) is 3.41. The highest BCUT2D eigenvalue weighted by atomic mass is 28.4. The molecule has 0 unspecified atom stereocenters. The molecule has 0 bridgehead atoms. The van der Waals surface area contributed by atoms with Gasteiger partial charge in [-0.2, -0.15) is 4.98 Å². The molecule has 1 aromatic heterocycles. The van der Waals surface area contributed by atoms with E-state index >= 15 is 0 Å². The predicted octanol–water partition coefficient (Wildman–Crippen LogP) is 1.65. The number of hydrogen-bond donors (Lipinski definition) is 1. The first-order valence-electron chi connectivity index (χ1n) is 4.66. The number of rotatable bonds is 3. The van der Waals surface area contributed by atoms with Crippen molar-refractivity contribution in [1.29, 1.82) is 0 Å². The number of nitrogens with zero attached hydrogens (tertiary/aromatic N) is 2. The largest absolute Gasteiger partial charge is 0.518 e. The molecule has 0 fully saturated rings. The molecular weight excluding hydrogens is 210 g/mol. The maximum Gasteiger partial charge on any atom is 0.304 e. The summed E-state index contributed by atoms with van der Waals surface area (Å²) in [4.78, 5) is 18.9. The van der Waals surface area contributed by atoms with Crippen LogP contribution in [0.1, 0.15) is 6.92 Å². The molecule has 5 nitrogen and oxygen atoms in total. The van der Waals surface area contributed by atoms with E-state index < -0.39 is 8.32 Å². The van der Waals surface area contributed by atoms with Gasteiger partial charge in [-0.3, -0.25) is 4.79 Å². The van der Waals surface area contributed by atoms with Crippen LogP contribution in [0, 0.1) is 0 Å². The van der Waals surface area contributed by atoms with E-state index in [-0.39, 0.29) is 5.91 Å². The summed E-state index contributed by atoms with van der Waals surface area (Å²) in [7, 11) is -1.70. The first kappa shape index (κ1) is 11.6. The summed E-state index contributed by atoms with van der Waals surface area (Å²) in [5, 5.41) is 2.58. The summed E-state index contributed by atoms with van der Waals surface area (Å²) < 4.78 is 5.59. The fourth-order valence-corrected chi connectivity index (χ4v) is 1.56. The van der Waals surface area contributed by atoms with Gasteiger partial charge in [0.1, 0.15) is 5.82 Å². The molecule has 1 rings (SSSR count). The third-order valence-corrected chi connectivity index (χ3v) is 2.13. The van der Waals surface area contributed by atoms with Gasteiger partial charge in [-0.15, -0.1) is 0 Å². The normalized spacial score (nSPS) is 10.9. The highest BCUT2D eigenvalue weighted by Crippen LogP contribution is 2.12. The lowest BCUT2D eigenvalue weighted by atomic mass is 10.5. The van der Waals surface area contributed by atoms with E-state index in [1.165, 1.54) is 6.92 Å². The first-order valence-corrected chi connectivity index (χ1v) is 8.07. The smallest absolute Gasteiger partial charge is 0.304 e. The molecule has 0 aromatic carbocycles. The van der Waals surface area contributed by atoms with Gasteiger partial charge in [-0.25, -0.2) is 4.98 Å². The highest BCUT2D eigenvalue weighted by molar-refractivity contribution is 6.70. The molecule has 0 aliphatic carbocycles. The molecule has 0 spiro atoms. The molecule has 6 heteroatoms. The van der Waals surface area contributed by atoms with Gasteiger partial charge in [0.15, 0.2) is 0 Å². The van der Waals surface area contributed by atoms with Crippen LogP contribution in [-0.2, 0) is 4.79 Å². The lowest BCUT2D eigenvalue weighted by Gasteiger charge is -2.17. The second-order valence-corrected chi connectivity index (χ2v) is 8.55. The zero-order valence-electron chi connectivity index (χ0n) is 9.37. The van der Waals surface area contributed by atoms with Gasteiger partial charge in [0, 0.05) is 13.1 Å². The van der Waals surface area contributed by atoms with Gasteiger partial charge in [-0.05, 0) is 25.7 Å². The molecule has 1 aromatic rings. The Morgan fingerprint density at radius 1 is 1.47 bits per heavy atom. The zero-order valence-corrected chi connectivity index (χ0v) is 10.4. The van der Waals surface area contributed by atoms with Gasteiger partial charge in [0.05, 0.1) is 0 Å². The molecule has 1 heterocycles. The van der Waals surface area contributed by atoms with E-state index in [4.69, 9.17) is 4.43 Å². The van der Waals surface area contributed by atoms with Crippen LogP contribution in [0.15, 0.2) is 12.3 Å². The Morgan fingerprint density at radius 3 is 2.67 bits per heavy atom. The van der Waals surface area contributed by atoms with E-state index in [2.05, 4.69) is 15.3 Å². The van der Waals surface area contributed by atoms with Crippen LogP contribution in [0.3, 0.4) is 0 Å². The van der Waals surface area contributed by atoms with Crippen molar-refractivity contribution in [2.45, 2.75) is 26.6 Å². The van der Waals surface area contributed by atoms with E-state index in [9.17, 15) is 4.79 Å². The molecule has 0 aliphatic rings. The monoisotopic (exact) mass is 225 g/mol. The zero-order chi connectivity index (χ0) is 11.5. The van der Waals surface area contributed by atoms with Gasteiger partial charge < -0.3 is 9.74 Å². The standard InChI is InChI=1S/C9H15N3O2Si/c1-7(13)11-8-5-6-10-9(12-8)14-15(2,3)4/h5-6H,1-4H3,(H,10,11,12,13). The minimum Gasteiger partial charge on any atom is -0.518 e. The van der Waals surface area contributed by atoms with Crippen LogP contribution in [0.2, 0.25) is 19.6 Å². The van der Waals surface area contributed by atoms with Crippen molar-refractivity contribution in [2.75, 3.05) is 5.32 Å². The summed E-state index contributed by atoms with van der Waals surface area (Å²) in [5.74, 6) is 0.304. The first-order chi connectivity index (χ1) is 6.87. The molecule has 0 saturated heterocycles. The number of hydrogen-bond acceptors (Lipinski definition) is 4. The van der Waals surface area contributed by atoms with Crippen LogP contribution in [0.4, 0.5) is 5.82 Å². The summed E-state index contributed by atoms with van der Waals surface area (Å²) >= 11 is 0. The van der Waals surface area contributed by atoms with Gasteiger partial charge in [0.2, 0.25) is 14.2 Å². The Bertz CT molecular complexity index is 363. The van der Waals surface area contributed by atoms with E-state index in [1.807, 2.05) is 19.6 Å². The molecule has 0 atom stereocenters. The van der Waals surface area contributed by atoms with Crippen molar-refractivity contribution >= 4 is 20.0 Å². The molecule has 0 radical (unpaired) electrons. The molecule has 1 amide bonds. The van der Waals surface area contributed by atoms with Gasteiger partial charge in [0.25, 0.3) is 0 Å². The lowest BCUT2D eigenvalue weighted by molar-refractivity contribution is -0.114. The average Bonchev–Trinajstić information content (AvgIpc) is 1.99. The van der Waals surface area contributed by atoms with Gasteiger partial charge in [-0.1, -0.05) is 0 Å². The van der Waals surface area contributed by atoms with E-state index in [0.29, 0.717) is 11.8 Å². The number of aromatic nitrogens is 2. The molecule has 82 valence electrons. The van der Waals surface area contributed by atoms with Crippen LogP contribution >= 0.6 is 0 Å². The molecule has 0 saturated carbocycles. The minimum absolute atomic E-state index is 0.160. The van der Waals surface area contributed by atoms with Gasteiger partial charge >= 0.3 is 6.01 Å². The maximum atomic E-state index is 10.8. The topological polar surface area (TPSA) is 64.1 Å². The number of nitrogens with one attached hydrogen (secondary N) is 1. The van der Waals surface area contributed by atoms with Crippen molar-refractivity contribution < 1.29 is 9.22 Å². The molecule has 1 N–H and O–H groups in total. The molecular formula is C9H15N3O2Si. The maximum absolute atomic E-state index is 10.8. The van der Waals surface area contributed by atoms with Crippen molar-refractivity contribution in [3.63, 3.8) is 0 Å². The predicted molar refractivity (Wildman–Crippen MR) is 60.3 cm³/mol. The minimum atomic E-state index is -1.70. The molecule has 0 aliphatic heterocycles. The second kappa shape index (κ2) is 4.39. The van der Waals surface area contributed by atoms with Crippen molar-refractivity contribution in [3.8, 4) is 6.01 Å². The Labute approximate surface area is 90.0 Å². The van der Waals surface area contributed by atoms with E-state index in [1.54, 1.807) is 12.3 Å². The molecule has 15 heavy (non-hydrogen) atoms. The SMILES string of the molecule is CC(=O)Nc1ccnc(O[Si](C)(C)C)n1. The quantitative estimate of drug-likeness (QED) is 0.794. The lowest BCUT2D eigenvalue weighted by Crippen LogP contribution is -2.30. The Morgan fingerprint density at radius 2 is 2.13 bits per heavy atom. The second-order valence-electron chi connectivity index (χ2n) is 4.12. The summed E-state index contributed by atoms with van der Waals surface area (Å²) in [5.41, 5.74) is 0. The fraction of sp³-hybridized carbons (Fsp3) is 0.444. The summed E-state index contributed by atoms with van der Waals surface area (Å²) in [6.07, 6.45) is 1.56. The summed E-state index contributed by atoms with van der Waals surface area (Å²) in [6, 6.07) is 1.94. The van der Waals surface area contributed by atoms with E-state index in [0.717, 1.165) is 0 Å². The van der Waals surface area contributed by atoms with Crippen LogP contribution in [0.25, 0.3) is 0 Å². The number of amides is 1. The third-order valence-electron chi connectivity index (χ3n) is 1.34. The third kappa shape index (κ3) is 4.55. The highest BCUT2D eigenvalue weighted by Gasteiger charge is 2.18. The van der Waals surface area contributed by atoms with Crippen LogP contribution < -0.4 is 9.74 Å². The average molecular weight is 225 g/mol. The van der Waals surface area contributed by atoms with Crippen LogP contribution in [-0.4, -0.2) is 24.2 Å². The number of anilines is 1. The Hall–Kier alpha value is -1.43. The van der Waals surface area contributed by atoms with Crippen molar-refractivity contribution in [1.82, 2.24) is 9.97 Å². The number of carbonyl (C=O) groups is 1. The number of carbonyl (C=O) groups excluding carboxylic acids is 1. The fourth-order valence-electron chi connectivity index (χ4n) is 0.914. The summed E-state index contributed by atoms with van der Waals surface area (Å²) in [6.45, 7) is 7.56. The Balaban J connectivity index is 2.79.